The van der Waals surface area contributed by atoms with Crippen LogP contribution in [-0.4, -0.2) is 92.2 Å². The Kier molecular flexibility index (Phi) is 9.49. The predicted molar refractivity (Wildman–Crippen MR) is 150 cm³/mol. The van der Waals surface area contributed by atoms with Crippen molar-refractivity contribution in [3.8, 4) is 11.5 Å². The first kappa shape index (κ1) is 29.9. The summed E-state index contributed by atoms with van der Waals surface area (Å²) in [6.07, 6.45) is 0. The van der Waals surface area contributed by atoms with Crippen molar-refractivity contribution in [1.82, 2.24) is 20.0 Å². The molecule has 2 atom stereocenters. The van der Waals surface area contributed by atoms with Crippen molar-refractivity contribution in [1.29, 1.82) is 0 Å². The number of methoxy groups -OCH3 is 2. The van der Waals surface area contributed by atoms with Crippen LogP contribution in [-0.2, 0) is 9.53 Å². The number of ether oxygens (including phenoxy) is 3. The lowest BCUT2D eigenvalue weighted by molar-refractivity contribution is -0.139. The molecule has 2 aliphatic rings. The molecule has 2 unspecified atom stereocenters. The molecule has 0 radical (unpaired) electrons. The minimum absolute atomic E-state index is 0.173. The van der Waals surface area contributed by atoms with E-state index in [1.165, 1.54) is 32.4 Å². The quantitative estimate of drug-likeness (QED) is 0.462. The highest BCUT2D eigenvalue weighted by molar-refractivity contribution is 5.95. The topological polar surface area (TPSA) is 101 Å². The molecule has 1 N–H and O–H groups in total. The SMILES string of the molecule is CCOC(=O)C1=C(CN2CCN(C(=O)c3cccc(F)c3)C(C)C2)N(CC)C(=O)NC1c1ccc(OC)c(OC)c1. The zero-order valence-electron chi connectivity index (χ0n) is 24.1. The van der Waals surface area contributed by atoms with Gasteiger partial charge in [0.05, 0.1) is 32.4 Å². The van der Waals surface area contributed by atoms with Gasteiger partial charge in [-0.05, 0) is 56.7 Å². The summed E-state index contributed by atoms with van der Waals surface area (Å²) in [5, 5.41) is 2.96. The molecule has 1 saturated heterocycles. The monoisotopic (exact) mass is 568 g/mol. The number of rotatable bonds is 9. The van der Waals surface area contributed by atoms with Crippen molar-refractivity contribution < 1.29 is 33.0 Å². The average molecular weight is 569 g/mol. The van der Waals surface area contributed by atoms with E-state index in [9.17, 15) is 18.8 Å². The fourth-order valence-corrected chi connectivity index (χ4v) is 5.42. The van der Waals surface area contributed by atoms with Gasteiger partial charge in [0.15, 0.2) is 11.5 Å². The van der Waals surface area contributed by atoms with Crippen LogP contribution in [0.4, 0.5) is 9.18 Å². The van der Waals surface area contributed by atoms with Crippen molar-refractivity contribution >= 4 is 17.9 Å². The molecule has 0 spiro atoms. The standard InChI is InChI=1S/C30H37FN4O6/c1-6-34-23(18-33-13-14-35(19(3)17-33)28(36)21-9-8-10-22(31)15-21)26(29(37)41-7-2)27(32-30(34)38)20-11-12-24(39-4)25(16-20)40-5/h8-12,15-16,19,27H,6-7,13-14,17-18H2,1-5H3,(H,32,38). The summed E-state index contributed by atoms with van der Waals surface area (Å²) >= 11 is 0. The van der Waals surface area contributed by atoms with Gasteiger partial charge in [-0.3, -0.25) is 14.6 Å². The second-order valence-corrected chi connectivity index (χ2v) is 9.92. The summed E-state index contributed by atoms with van der Waals surface area (Å²) in [5.74, 6) is -0.220. The van der Waals surface area contributed by atoms with Crippen LogP contribution in [0.2, 0.25) is 0 Å². The zero-order chi connectivity index (χ0) is 29.7. The number of nitrogens with one attached hydrogen (secondary N) is 1. The molecule has 2 heterocycles. The maximum atomic E-state index is 13.7. The smallest absolute Gasteiger partial charge is 0.338 e. The van der Waals surface area contributed by atoms with Gasteiger partial charge in [0.1, 0.15) is 5.82 Å². The Balaban J connectivity index is 1.66. The molecule has 3 amide bonds. The number of nitrogens with zero attached hydrogens (tertiary/aromatic N) is 3. The third-order valence-corrected chi connectivity index (χ3v) is 7.41. The molecule has 4 rings (SSSR count). The molecule has 0 aliphatic carbocycles. The highest BCUT2D eigenvalue weighted by atomic mass is 19.1. The number of benzene rings is 2. The molecule has 10 nitrogen and oxygen atoms in total. The van der Waals surface area contributed by atoms with Crippen LogP contribution in [0.3, 0.4) is 0 Å². The highest BCUT2D eigenvalue weighted by Crippen LogP contribution is 2.36. The Hall–Kier alpha value is -4.12. The number of urea groups is 1. The minimum atomic E-state index is -0.771. The molecule has 0 aromatic heterocycles. The largest absolute Gasteiger partial charge is 0.493 e. The second kappa shape index (κ2) is 13.0. The van der Waals surface area contributed by atoms with Crippen LogP contribution in [0.25, 0.3) is 0 Å². The number of carbonyl (C=O) groups excluding carboxylic acids is 3. The molecular weight excluding hydrogens is 531 g/mol. The Bertz CT molecular complexity index is 1330. The Labute approximate surface area is 239 Å². The number of amides is 3. The molecule has 0 saturated carbocycles. The number of likely N-dealkylation sites (N-methyl/N-ethyl adjacent to an activating group) is 1. The highest BCUT2D eigenvalue weighted by Gasteiger charge is 2.39. The third kappa shape index (κ3) is 6.30. The number of carbonyl (C=O) groups is 3. The lowest BCUT2D eigenvalue weighted by atomic mass is 9.93. The summed E-state index contributed by atoms with van der Waals surface area (Å²) in [6, 6.07) is 9.64. The van der Waals surface area contributed by atoms with Crippen molar-refractivity contribution in [2.45, 2.75) is 32.9 Å². The molecule has 41 heavy (non-hydrogen) atoms. The normalized spacial score (nSPS) is 19.6. The zero-order valence-corrected chi connectivity index (χ0v) is 24.1. The van der Waals surface area contributed by atoms with Crippen molar-refractivity contribution in [2.75, 3.05) is 53.6 Å². The molecular formula is C30H37FN4O6. The van der Waals surface area contributed by atoms with Crippen molar-refractivity contribution in [3.05, 3.63) is 70.7 Å². The molecule has 220 valence electrons. The van der Waals surface area contributed by atoms with Crippen LogP contribution in [0.1, 0.15) is 42.7 Å². The van der Waals surface area contributed by atoms with Gasteiger partial charge in [0.25, 0.3) is 5.91 Å². The predicted octanol–water partition coefficient (Wildman–Crippen LogP) is 3.59. The Morgan fingerprint density at radius 3 is 2.44 bits per heavy atom. The number of hydrogen-bond acceptors (Lipinski definition) is 7. The van der Waals surface area contributed by atoms with Gasteiger partial charge in [0, 0.05) is 50.0 Å². The third-order valence-electron chi connectivity index (χ3n) is 7.41. The van der Waals surface area contributed by atoms with Gasteiger partial charge < -0.3 is 24.4 Å². The second-order valence-electron chi connectivity index (χ2n) is 9.92. The summed E-state index contributed by atoms with van der Waals surface area (Å²) in [7, 11) is 3.06. The summed E-state index contributed by atoms with van der Waals surface area (Å²) in [5.41, 5.74) is 1.83. The van der Waals surface area contributed by atoms with E-state index in [1.54, 1.807) is 41.0 Å². The molecule has 0 bridgehead atoms. The number of esters is 1. The van der Waals surface area contributed by atoms with Gasteiger partial charge in [-0.2, -0.15) is 0 Å². The van der Waals surface area contributed by atoms with E-state index < -0.39 is 17.8 Å². The van der Waals surface area contributed by atoms with Crippen LogP contribution in [0.5, 0.6) is 11.5 Å². The summed E-state index contributed by atoms with van der Waals surface area (Å²) < 4.78 is 30.0. The van der Waals surface area contributed by atoms with Gasteiger partial charge >= 0.3 is 12.0 Å². The van der Waals surface area contributed by atoms with E-state index >= 15 is 0 Å². The van der Waals surface area contributed by atoms with E-state index in [2.05, 4.69) is 10.2 Å². The van der Waals surface area contributed by atoms with Crippen LogP contribution < -0.4 is 14.8 Å². The van der Waals surface area contributed by atoms with Crippen molar-refractivity contribution in [3.63, 3.8) is 0 Å². The first-order valence-electron chi connectivity index (χ1n) is 13.7. The van der Waals surface area contributed by atoms with E-state index in [0.29, 0.717) is 66.6 Å². The first-order chi connectivity index (χ1) is 19.7. The minimum Gasteiger partial charge on any atom is -0.493 e. The van der Waals surface area contributed by atoms with Gasteiger partial charge in [-0.25, -0.2) is 14.0 Å². The molecule has 2 aromatic carbocycles. The number of hydrogen-bond donors (Lipinski definition) is 1. The average Bonchev–Trinajstić information content (AvgIpc) is 2.96. The summed E-state index contributed by atoms with van der Waals surface area (Å²) in [4.78, 5) is 45.3. The van der Waals surface area contributed by atoms with E-state index in [-0.39, 0.29) is 24.6 Å². The first-order valence-corrected chi connectivity index (χ1v) is 13.7. The van der Waals surface area contributed by atoms with E-state index in [1.807, 2.05) is 13.8 Å². The van der Waals surface area contributed by atoms with Crippen LogP contribution in [0.15, 0.2) is 53.7 Å². The number of halogens is 1. The van der Waals surface area contributed by atoms with Gasteiger partial charge in [-0.15, -0.1) is 0 Å². The van der Waals surface area contributed by atoms with Crippen LogP contribution in [0, 0.1) is 5.82 Å². The molecule has 11 heteroatoms. The maximum absolute atomic E-state index is 13.7. The summed E-state index contributed by atoms with van der Waals surface area (Å²) in [6.45, 7) is 7.74. The molecule has 2 aliphatic heterocycles. The Morgan fingerprint density at radius 2 is 1.80 bits per heavy atom. The van der Waals surface area contributed by atoms with Crippen LogP contribution >= 0.6 is 0 Å². The van der Waals surface area contributed by atoms with Gasteiger partial charge in [-0.1, -0.05) is 12.1 Å². The fraction of sp³-hybridized carbons (Fsp3) is 0.433. The maximum Gasteiger partial charge on any atom is 0.338 e. The number of piperazine rings is 1. The van der Waals surface area contributed by atoms with Crippen molar-refractivity contribution in [2.24, 2.45) is 0 Å². The van der Waals surface area contributed by atoms with E-state index in [0.717, 1.165) is 0 Å². The lowest BCUT2D eigenvalue weighted by Gasteiger charge is -2.43. The molecule has 2 aromatic rings. The fourth-order valence-electron chi connectivity index (χ4n) is 5.42. The van der Waals surface area contributed by atoms with Gasteiger partial charge in [0.2, 0.25) is 0 Å². The molecule has 1 fully saturated rings. The Morgan fingerprint density at radius 1 is 1.05 bits per heavy atom. The van der Waals surface area contributed by atoms with E-state index in [4.69, 9.17) is 14.2 Å². The lowest BCUT2D eigenvalue weighted by Crippen LogP contribution is -2.56.